The number of carbonyl (C=O) groups is 3. The van der Waals surface area contributed by atoms with E-state index in [4.69, 9.17) is 5.11 Å². The lowest BCUT2D eigenvalue weighted by molar-refractivity contribution is 0.0690. The number of hydrogen-bond acceptors (Lipinski definition) is 5. The summed E-state index contributed by atoms with van der Waals surface area (Å²) in [5, 5.41) is 15.9. The van der Waals surface area contributed by atoms with Crippen molar-refractivity contribution in [3.05, 3.63) is 47.5 Å². The van der Waals surface area contributed by atoms with Gasteiger partial charge in [0.2, 0.25) is 0 Å². The first-order valence-electron chi connectivity index (χ1n) is 5.29. The van der Waals surface area contributed by atoms with Crippen LogP contribution in [-0.2, 0) is 0 Å². The van der Waals surface area contributed by atoms with E-state index in [9.17, 15) is 14.4 Å². The van der Waals surface area contributed by atoms with Crippen molar-refractivity contribution in [3.63, 3.8) is 0 Å². The van der Waals surface area contributed by atoms with Gasteiger partial charge in [0.1, 0.15) is 0 Å². The Kier molecular flexibility index (Phi) is 3.19. The van der Waals surface area contributed by atoms with Crippen molar-refractivity contribution in [2.45, 2.75) is 6.92 Å². The lowest BCUT2D eigenvalue weighted by Gasteiger charge is -2.07. The smallest absolute Gasteiger partial charge is 0.338 e. The average molecular weight is 259 g/mol. The maximum Gasteiger partial charge on any atom is 0.338 e. The van der Waals surface area contributed by atoms with Gasteiger partial charge in [0.15, 0.2) is 5.78 Å². The molecule has 1 N–H and O–H groups in total. The van der Waals surface area contributed by atoms with E-state index in [0.717, 1.165) is 17.0 Å². The molecule has 0 saturated heterocycles. The average Bonchev–Trinajstić information content (AvgIpc) is 2.87. The molecule has 2 aromatic heterocycles. The van der Waals surface area contributed by atoms with Crippen LogP contribution in [-0.4, -0.2) is 37.5 Å². The van der Waals surface area contributed by atoms with E-state index in [1.165, 1.54) is 25.3 Å². The molecular weight excluding hydrogens is 250 g/mol. The quantitative estimate of drug-likeness (QED) is 0.820. The first kappa shape index (κ1) is 12.6. The largest absolute Gasteiger partial charge is 0.478 e. The van der Waals surface area contributed by atoms with E-state index in [2.05, 4.69) is 10.2 Å². The first-order chi connectivity index (χ1) is 9.02. The van der Waals surface area contributed by atoms with Crippen molar-refractivity contribution in [1.29, 1.82) is 0 Å². The normalized spacial score (nSPS) is 10.2. The molecule has 0 amide bonds. The molecule has 0 fully saturated rings. The number of carboxylic acids is 1. The van der Waals surface area contributed by atoms with E-state index in [-0.39, 0.29) is 22.6 Å². The third kappa shape index (κ3) is 2.25. The third-order valence-corrected chi connectivity index (χ3v) is 2.52. The summed E-state index contributed by atoms with van der Waals surface area (Å²) in [6.07, 6.45) is 3.45. The minimum atomic E-state index is -1.28. The second kappa shape index (κ2) is 4.81. The summed E-state index contributed by atoms with van der Waals surface area (Å²) in [4.78, 5) is 34.6. The number of rotatable bonds is 3. The van der Waals surface area contributed by atoms with Gasteiger partial charge in [-0.2, -0.15) is 10.2 Å². The number of carboxylic acid groups (broad SMARTS) is 1. The van der Waals surface area contributed by atoms with Crippen LogP contribution in [0.2, 0.25) is 0 Å². The molecular formula is C12H9N3O4. The summed E-state index contributed by atoms with van der Waals surface area (Å²) in [5.41, 5.74) is -0.206. The molecule has 0 spiro atoms. The third-order valence-electron chi connectivity index (χ3n) is 2.52. The molecule has 2 aromatic rings. The van der Waals surface area contributed by atoms with Gasteiger partial charge in [-0.05, 0) is 12.1 Å². The predicted octanol–water partition coefficient (Wildman–Crippen LogP) is 0.867. The lowest BCUT2D eigenvalue weighted by Crippen LogP contribution is -2.19. The van der Waals surface area contributed by atoms with E-state index in [1.54, 1.807) is 0 Å². The molecule has 0 aliphatic carbocycles. The Balaban J connectivity index is 2.54. The van der Waals surface area contributed by atoms with E-state index in [1.807, 2.05) is 0 Å². The zero-order chi connectivity index (χ0) is 14.0. The van der Waals surface area contributed by atoms with Crippen LogP contribution >= 0.6 is 0 Å². The zero-order valence-corrected chi connectivity index (χ0v) is 9.90. The molecule has 0 bridgehead atoms. The van der Waals surface area contributed by atoms with Gasteiger partial charge in [-0.15, -0.1) is 0 Å². The topological polar surface area (TPSA) is 102 Å². The molecule has 2 heterocycles. The standard InChI is InChI=1S/C12H9N3O4/c1-7(16)10-3-2-4-15(10)11(17)8-5-13-14-6-9(8)12(18)19/h2-6H,1H3,(H,18,19). The minimum Gasteiger partial charge on any atom is -0.478 e. The summed E-state index contributed by atoms with van der Waals surface area (Å²) >= 11 is 0. The number of aromatic nitrogens is 3. The molecule has 19 heavy (non-hydrogen) atoms. The molecule has 0 aliphatic rings. The van der Waals surface area contributed by atoms with Crippen LogP contribution < -0.4 is 0 Å². The highest BCUT2D eigenvalue weighted by Gasteiger charge is 2.21. The van der Waals surface area contributed by atoms with Crippen molar-refractivity contribution < 1.29 is 19.5 Å². The summed E-state index contributed by atoms with van der Waals surface area (Å²) in [6, 6.07) is 3.01. The molecule has 0 aliphatic heterocycles. The highest BCUT2D eigenvalue weighted by atomic mass is 16.4. The molecule has 0 saturated carbocycles. The van der Waals surface area contributed by atoms with Crippen molar-refractivity contribution in [3.8, 4) is 0 Å². The second-order valence-corrected chi connectivity index (χ2v) is 3.75. The van der Waals surface area contributed by atoms with Crippen molar-refractivity contribution >= 4 is 17.7 Å². The van der Waals surface area contributed by atoms with Crippen LogP contribution in [0.4, 0.5) is 0 Å². The van der Waals surface area contributed by atoms with Crippen molar-refractivity contribution in [2.75, 3.05) is 0 Å². The highest BCUT2D eigenvalue weighted by Crippen LogP contribution is 2.11. The Labute approximate surface area is 107 Å². The second-order valence-electron chi connectivity index (χ2n) is 3.75. The molecule has 0 unspecified atom stereocenters. The fourth-order valence-electron chi connectivity index (χ4n) is 1.64. The van der Waals surface area contributed by atoms with Crippen LogP contribution in [0.1, 0.15) is 38.1 Å². The lowest BCUT2D eigenvalue weighted by atomic mass is 10.1. The van der Waals surface area contributed by atoms with Crippen molar-refractivity contribution in [2.24, 2.45) is 0 Å². The maximum absolute atomic E-state index is 12.2. The highest BCUT2D eigenvalue weighted by molar-refractivity contribution is 6.07. The van der Waals surface area contributed by atoms with Gasteiger partial charge < -0.3 is 5.11 Å². The maximum atomic E-state index is 12.2. The predicted molar refractivity (Wildman–Crippen MR) is 63.2 cm³/mol. The number of nitrogens with zero attached hydrogens (tertiary/aromatic N) is 3. The number of aromatic carboxylic acids is 1. The zero-order valence-electron chi connectivity index (χ0n) is 9.90. The Bertz CT molecular complexity index is 675. The van der Waals surface area contributed by atoms with Crippen LogP contribution in [0.25, 0.3) is 0 Å². The van der Waals surface area contributed by atoms with E-state index < -0.39 is 11.9 Å². The van der Waals surface area contributed by atoms with Gasteiger partial charge >= 0.3 is 5.97 Å². The van der Waals surface area contributed by atoms with Crippen LogP contribution in [0.5, 0.6) is 0 Å². The minimum absolute atomic E-state index is 0.124. The van der Waals surface area contributed by atoms with Gasteiger partial charge in [-0.3, -0.25) is 14.2 Å². The fourth-order valence-corrected chi connectivity index (χ4v) is 1.64. The summed E-state index contributed by atoms with van der Waals surface area (Å²) in [5.74, 6) is -2.21. The molecule has 0 atom stereocenters. The molecule has 0 radical (unpaired) electrons. The Morgan fingerprint density at radius 2 is 1.79 bits per heavy atom. The first-order valence-corrected chi connectivity index (χ1v) is 5.29. The molecule has 7 nitrogen and oxygen atoms in total. The number of hydrogen-bond donors (Lipinski definition) is 1. The van der Waals surface area contributed by atoms with Gasteiger partial charge in [-0.25, -0.2) is 4.79 Å². The SMILES string of the molecule is CC(=O)c1cccn1C(=O)c1cnncc1C(=O)O. The summed E-state index contributed by atoms with van der Waals surface area (Å²) in [7, 11) is 0. The Morgan fingerprint density at radius 3 is 2.37 bits per heavy atom. The molecule has 96 valence electrons. The summed E-state index contributed by atoms with van der Waals surface area (Å²) in [6.45, 7) is 1.32. The van der Waals surface area contributed by atoms with Crippen LogP contribution in [0.15, 0.2) is 30.7 Å². The molecule has 0 aromatic carbocycles. The van der Waals surface area contributed by atoms with E-state index >= 15 is 0 Å². The summed E-state index contributed by atoms with van der Waals surface area (Å²) < 4.78 is 1.09. The van der Waals surface area contributed by atoms with Gasteiger partial charge in [-0.1, -0.05) is 0 Å². The van der Waals surface area contributed by atoms with Gasteiger partial charge in [0.25, 0.3) is 5.91 Å². The van der Waals surface area contributed by atoms with E-state index in [0.29, 0.717) is 0 Å². The Hall–Kier alpha value is -2.83. The monoisotopic (exact) mass is 259 g/mol. The van der Waals surface area contributed by atoms with Crippen LogP contribution in [0, 0.1) is 0 Å². The number of ketones is 1. The number of Topliss-reactive ketones (excluding diaryl/α,β-unsaturated/α-hetero) is 1. The fraction of sp³-hybridized carbons (Fsp3) is 0.0833. The number of carbonyl (C=O) groups excluding carboxylic acids is 2. The molecule has 2 rings (SSSR count). The van der Waals surface area contributed by atoms with Crippen molar-refractivity contribution in [1.82, 2.24) is 14.8 Å². The van der Waals surface area contributed by atoms with Gasteiger partial charge in [0.05, 0.1) is 29.2 Å². The van der Waals surface area contributed by atoms with Crippen LogP contribution in [0.3, 0.4) is 0 Å². The Morgan fingerprint density at radius 1 is 1.16 bits per heavy atom. The molecule has 7 heteroatoms. The van der Waals surface area contributed by atoms with Gasteiger partial charge in [0, 0.05) is 13.1 Å².